The Morgan fingerprint density at radius 1 is 1.31 bits per heavy atom. The van der Waals surface area contributed by atoms with Crippen molar-refractivity contribution in [1.82, 2.24) is 19.7 Å². The second kappa shape index (κ2) is 9.23. The molecule has 0 spiro atoms. The molecule has 0 saturated carbocycles. The predicted octanol–water partition coefficient (Wildman–Crippen LogP) is 1.13. The van der Waals surface area contributed by atoms with E-state index in [4.69, 9.17) is 4.52 Å². The number of rotatable bonds is 6. The van der Waals surface area contributed by atoms with Crippen LogP contribution in [0, 0.1) is 5.82 Å². The number of hydrogen-bond acceptors (Lipinski definition) is 6. The van der Waals surface area contributed by atoms with Gasteiger partial charge in [0.15, 0.2) is 17.5 Å². The van der Waals surface area contributed by atoms with E-state index in [1.54, 1.807) is 6.07 Å². The molecule has 1 fully saturated rings. The first-order chi connectivity index (χ1) is 13.9. The Kier molecular flexibility index (Phi) is 6.70. The number of phenols is 1. The number of nitrogens with one attached hydrogen (secondary N) is 1. The molecule has 29 heavy (non-hydrogen) atoms. The van der Waals surface area contributed by atoms with Crippen LogP contribution in [-0.4, -0.2) is 66.6 Å². The van der Waals surface area contributed by atoms with Crippen molar-refractivity contribution < 1.29 is 22.4 Å². The van der Waals surface area contributed by atoms with Gasteiger partial charge in [-0.05, 0) is 24.6 Å². The van der Waals surface area contributed by atoms with E-state index in [0.29, 0.717) is 49.9 Å². The lowest BCUT2D eigenvalue weighted by Gasteiger charge is -2.35. The Bertz CT molecular complexity index is 941. The average Bonchev–Trinajstić information content (AvgIpc) is 3.20. The van der Waals surface area contributed by atoms with Crippen molar-refractivity contribution in [3.05, 3.63) is 47.6 Å². The summed E-state index contributed by atoms with van der Waals surface area (Å²) in [7, 11) is -3.47. The Morgan fingerprint density at radius 3 is 2.69 bits per heavy atom. The number of piperazine rings is 1. The minimum atomic E-state index is -3.47. The molecule has 1 aliphatic heterocycles. The summed E-state index contributed by atoms with van der Waals surface area (Å²) in [6.07, 6.45) is 1.35. The highest BCUT2D eigenvalue weighted by Gasteiger charge is 2.29. The summed E-state index contributed by atoms with van der Waals surface area (Å²) in [5.41, 5.74) is 1.01. The summed E-state index contributed by atoms with van der Waals surface area (Å²) < 4.78 is 44.7. The average molecular weight is 425 g/mol. The van der Waals surface area contributed by atoms with Gasteiger partial charge in [0.25, 0.3) is 0 Å². The number of nitrogens with zero attached hydrogens (tertiary/aromatic N) is 4. The number of guanidine groups is 1. The Labute approximate surface area is 168 Å². The normalized spacial score (nSPS) is 16.2. The molecule has 11 heteroatoms. The molecule has 0 atom stereocenters. The highest BCUT2D eigenvalue weighted by molar-refractivity contribution is 7.88. The van der Waals surface area contributed by atoms with Gasteiger partial charge in [-0.25, -0.2) is 17.8 Å². The van der Waals surface area contributed by atoms with E-state index in [0.717, 1.165) is 0 Å². The van der Waals surface area contributed by atoms with Gasteiger partial charge in [-0.2, -0.15) is 4.31 Å². The molecule has 1 saturated heterocycles. The Hall–Kier alpha value is -2.66. The lowest BCUT2D eigenvalue weighted by molar-refractivity contribution is 0.259. The smallest absolute Gasteiger partial charge is 0.220 e. The molecular formula is C18H24FN5O4S. The minimum Gasteiger partial charge on any atom is -0.505 e. The van der Waals surface area contributed by atoms with Crippen LogP contribution in [0.1, 0.15) is 18.2 Å². The van der Waals surface area contributed by atoms with Crippen LogP contribution >= 0.6 is 0 Å². The van der Waals surface area contributed by atoms with E-state index in [2.05, 4.69) is 15.5 Å². The third kappa shape index (κ3) is 5.45. The zero-order valence-corrected chi connectivity index (χ0v) is 16.9. The number of phenolic OH excluding ortho intramolecular Hbond substituents is 1. The van der Waals surface area contributed by atoms with Gasteiger partial charge in [0.05, 0.1) is 12.2 Å². The molecule has 158 valence electrons. The predicted molar refractivity (Wildman–Crippen MR) is 105 cm³/mol. The molecule has 2 aromatic rings. The van der Waals surface area contributed by atoms with Gasteiger partial charge in [0.1, 0.15) is 12.0 Å². The molecule has 1 aromatic carbocycles. The maximum Gasteiger partial charge on any atom is 0.220 e. The lowest BCUT2D eigenvalue weighted by atomic mass is 10.2. The van der Waals surface area contributed by atoms with Crippen LogP contribution in [0.2, 0.25) is 0 Å². The third-order valence-electron chi connectivity index (χ3n) is 4.51. The lowest BCUT2D eigenvalue weighted by Crippen LogP contribution is -2.53. The molecule has 1 aliphatic rings. The van der Waals surface area contributed by atoms with Crippen LogP contribution in [0.4, 0.5) is 4.39 Å². The van der Waals surface area contributed by atoms with Crippen molar-refractivity contribution in [1.29, 1.82) is 0 Å². The molecule has 2 N–H and O–H groups in total. The van der Waals surface area contributed by atoms with Crippen LogP contribution in [0.3, 0.4) is 0 Å². The Morgan fingerprint density at radius 2 is 2.07 bits per heavy atom. The molecule has 9 nitrogen and oxygen atoms in total. The molecule has 1 aromatic heterocycles. The van der Waals surface area contributed by atoms with Gasteiger partial charge < -0.3 is 19.8 Å². The summed E-state index contributed by atoms with van der Waals surface area (Å²) >= 11 is 0. The van der Waals surface area contributed by atoms with E-state index >= 15 is 0 Å². The molecular weight excluding hydrogens is 401 g/mol. The van der Waals surface area contributed by atoms with Crippen molar-refractivity contribution in [3.63, 3.8) is 0 Å². The van der Waals surface area contributed by atoms with Gasteiger partial charge in [0, 0.05) is 38.8 Å². The summed E-state index contributed by atoms with van der Waals surface area (Å²) in [5.74, 6) is -0.639. The first kappa shape index (κ1) is 21.1. The van der Waals surface area contributed by atoms with E-state index < -0.39 is 21.6 Å². The van der Waals surface area contributed by atoms with E-state index in [1.165, 1.54) is 28.8 Å². The highest BCUT2D eigenvalue weighted by Crippen LogP contribution is 2.17. The molecule has 0 bridgehead atoms. The van der Waals surface area contributed by atoms with Gasteiger partial charge in [-0.1, -0.05) is 11.2 Å². The quantitative estimate of drug-likeness (QED) is 0.527. The summed E-state index contributed by atoms with van der Waals surface area (Å²) in [6.45, 7) is 4.45. The summed E-state index contributed by atoms with van der Waals surface area (Å²) in [6, 6.07) is 5.69. The number of hydrogen-bond donors (Lipinski definition) is 2. The van der Waals surface area contributed by atoms with Crippen molar-refractivity contribution in [2.75, 3.05) is 32.7 Å². The highest BCUT2D eigenvalue weighted by atomic mass is 32.2. The SMILES string of the molecule is CCNC(=NCc1ccc(O)c(F)c1)N1CCN(S(=O)(=O)Cc2ccon2)CC1. The maximum atomic E-state index is 13.5. The van der Waals surface area contributed by atoms with Crippen LogP contribution in [0.5, 0.6) is 5.75 Å². The zero-order valence-electron chi connectivity index (χ0n) is 16.1. The van der Waals surface area contributed by atoms with Crippen molar-refractivity contribution in [2.45, 2.75) is 19.2 Å². The fourth-order valence-corrected chi connectivity index (χ4v) is 4.43. The first-order valence-corrected chi connectivity index (χ1v) is 10.9. The van der Waals surface area contributed by atoms with Crippen LogP contribution in [0.25, 0.3) is 0 Å². The van der Waals surface area contributed by atoms with E-state index in [-0.39, 0.29) is 12.3 Å². The fourth-order valence-electron chi connectivity index (χ4n) is 3.01. The van der Waals surface area contributed by atoms with Crippen LogP contribution in [0.15, 0.2) is 40.0 Å². The number of benzene rings is 1. The van der Waals surface area contributed by atoms with Crippen LogP contribution in [-0.2, 0) is 22.3 Å². The fraction of sp³-hybridized carbons (Fsp3) is 0.444. The van der Waals surface area contributed by atoms with Gasteiger partial charge >= 0.3 is 0 Å². The second-order valence-electron chi connectivity index (χ2n) is 6.59. The molecule has 0 unspecified atom stereocenters. The van der Waals surface area contributed by atoms with Gasteiger partial charge in [-0.15, -0.1) is 0 Å². The molecule has 0 radical (unpaired) electrons. The maximum absolute atomic E-state index is 13.5. The van der Waals surface area contributed by atoms with Crippen molar-refractivity contribution >= 4 is 16.0 Å². The van der Waals surface area contributed by atoms with Crippen molar-refractivity contribution in [2.24, 2.45) is 4.99 Å². The summed E-state index contributed by atoms with van der Waals surface area (Å²) in [5, 5.41) is 16.1. The van der Waals surface area contributed by atoms with E-state index in [9.17, 15) is 17.9 Å². The molecule has 2 heterocycles. The number of aliphatic imine (C=N–C) groups is 1. The van der Waals surface area contributed by atoms with Crippen molar-refractivity contribution in [3.8, 4) is 5.75 Å². The minimum absolute atomic E-state index is 0.190. The number of aromatic hydroxyl groups is 1. The Balaban J connectivity index is 1.62. The van der Waals surface area contributed by atoms with E-state index in [1.807, 2.05) is 11.8 Å². The first-order valence-electron chi connectivity index (χ1n) is 9.27. The number of sulfonamides is 1. The second-order valence-corrected chi connectivity index (χ2v) is 8.56. The topological polar surface area (TPSA) is 111 Å². The monoisotopic (exact) mass is 425 g/mol. The summed E-state index contributed by atoms with van der Waals surface area (Å²) in [4.78, 5) is 6.49. The molecule has 3 rings (SSSR count). The molecule has 0 aliphatic carbocycles. The third-order valence-corrected chi connectivity index (χ3v) is 6.32. The molecule has 0 amide bonds. The zero-order chi connectivity index (χ0) is 20.9. The van der Waals surface area contributed by atoms with Gasteiger partial charge in [0.2, 0.25) is 10.0 Å². The van der Waals surface area contributed by atoms with Crippen LogP contribution < -0.4 is 5.32 Å². The number of halogens is 1. The van der Waals surface area contributed by atoms with Gasteiger partial charge in [-0.3, -0.25) is 0 Å². The standard InChI is InChI=1S/C18H24FN5O4S/c1-2-20-18(21-12-14-3-4-17(25)16(19)11-14)23-6-8-24(9-7-23)29(26,27)13-15-5-10-28-22-15/h3-5,10-11,25H,2,6-9,12-13H2,1H3,(H,20,21). The largest absolute Gasteiger partial charge is 0.505 e. The number of aromatic nitrogens is 1.